The van der Waals surface area contributed by atoms with E-state index in [4.69, 9.17) is 0 Å². The molecule has 2 aromatic rings. The van der Waals surface area contributed by atoms with E-state index in [9.17, 15) is 4.79 Å². The van der Waals surface area contributed by atoms with Crippen molar-refractivity contribution in [3.05, 3.63) is 40.5 Å². The highest BCUT2D eigenvalue weighted by Crippen LogP contribution is 2.31. The molecule has 0 fully saturated rings. The van der Waals surface area contributed by atoms with Crippen molar-refractivity contribution in [1.29, 1.82) is 0 Å². The zero-order valence-corrected chi connectivity index (χ0v) is 14.4. The van der Waals surface area contributed by atoms with Gasteiger partial charge in [-0.25, -0.2) is 0 Å². The lowest BCUT2D eigenvalue weighted by molar-refractivity contribution is -0.130. The Labute approximate surface area is 139 Å². The Morgan fingerprint density at radius 2 is 2.27 bits per heavy atom. The zero-order valence-electron chi connectivity index (χ0n) is 12.9. The SMILES string of the molecule is CCCCC(=O)N1CC=C(c2c[nH]c3ccc(Br)cc23)CC1. The monoisotopic (exact) mass is 360 g/mol. The normalized spacial score (nSPS) is 15.2. The highest BCUT2D eigenvalue weighted by atomic mass is 79.9. The number of hydrogen-bond acceptors (Lipinski definition) is 1. The molecule has 0 unspecified atom stereocenters. The molecule has 1 N–H and O–H groups in total. The second-order valence-corrected chi connectivity index (χ2v) is 6.73. The van der Waals surface area contributed by atoms with Gasteiger partial charge in [0.25, 0.3) is 0 Å². The second kappa shape index (κ2) is 6.69. The summed E-state index contributed by atoms with van der Waals surface area (Å²) in [5.74, 6) is 0.291. The highest BCUT2D eigenvalue weighted by Gasteiger charge is 2.18. The smallest absolute Gasteiger partial charge is 0.222 e. The summed E-state index contributed by atoms with van der Waals surface area (Å²) in [6.07, 6.45) is 7.96. The summed E-state index contributed by atoms with van der Waals surface area (Å²) in [7, 11) is 0. The Kier molecular flexibility index (Phi) is 4.67. The van der Waals surface area contributed by atoms with Crippen LogP contribution in [0.4, 0.5) is 0 Å². The number of aromatic nitrogens is 1. The number of amides is 1. The van der Waals surface area contributed by atoms with Gasteiger partial charge in [-0.1, -0.05) is 35.4 Å². The lowest BCUT2D eigenvalue weighted by atomic mass is 9.98. The minimum atomic E-state index is 0.291. The Hall–Kier alpha value is -1.55. The van der Waals surface area contributed by atoms with E-state index in [1.54, 1.807) is 0 Å². The average Bonchev–Trinajstić information content (AvgIpc) is 2.95. The fourth-order valence-electron chi connectivity index (χ4n) is 2.98. The third-order valence-corrected chi connectivity index (χ3v) is 4.79. The summed E-state index contributed by atoms with van der Waals surface area (Å²) < 4.78 is 1.09. The number of benzene rings is 1. The number of nitrogens with zero attached hydrogens (tertiary/aromatic N) is 1. The molecule has 3 nitrogen and oxygen atoms in total. The molecule has 0 atom stereocenters. The van der Waals surface area contributed by atoms with E-state index in [1.165, 1.54) is 16.5 Å². The first-order valence-electron chi connectivity index (χ1n) is 7.93. The molecule has 22 heavy (non-hydrogen) atoms. The molecule has 1 amide bonds. The van der Waals surface area contributed by atoms with Gasteiger partial charge >= 0.3 is 0 Å². The molecule has 3 rings (SSSR count). The first-order valence-corrected chi connectivity index (χ1v) is 8.72. The average molecular weight is 361 g/mol. The van der Waals surface area contributed by atoms with Gasteiger partial charge in [-0.2, -0.15) is 0 Å². The number of nitrogens with one attached hydrogen (secondary N) is 1. The first-order chi connectivity index (χ1) is 10.7. The summed E-state index contributed by atoms with van der Waals surface area (Å²) in [5, 5.41) is 1.24. The Morgan fingerprint density at radius 1 is 1.41 bits per heavy atom. The van der Waals surface area contributed by atoms with E-state index in [2.05, 4.69) is 52.2 Å². The standard InChI is InChI=1S/C18H21BrN2O/c1-2-3-4-18(22)21-9-7-13(8-10-21)16-12-20-17-6-5-14(19)11-15(16)17/h5-7,11-12,20H,2-4,8-10H2,1H3. The van der Waals surface area contributed by atoms with Crippen LogP contribution >= 0.6 is 15.9 Å². The molecule has 1 aromatic heterocycles. The van der Waals surface area contributed by atoms with Gasteiger partial charge in [0.15, 0.2) is 0 Å². The topological polar surface area (TPSA) is 36.1 Å². The third kappa shape index (κ3) is 3.12. The summed E-state index contributed by atoms with van der Waals surface area (Å²) in [6.45, 7) is 3.68. The largest absolute Gasteiger partial charge is 0.361 e. The molecule has 0 bridgehead atoms. The van der Waals surface area contributed by atoms with Crippen LogP contribution in [0.5, 0.6) is 0 Å². The molecule has 1 aliphatic rings. The Balaban J connectivity index is 1.77. The van der Waals surface area contributed by atoms with Crippen LogP contribution in [0.25, 0.3) is 16.5 Å². The van der Waals surface area contributed by atoms with Crippen LogP contribution in [-0.2, 0) is 4.79 Å². The van der Waals surface area contributed by atoms with E-state index in [1.807, 2.05) is 11.0 Å². The van der Waals surface area contributed by atoms with Gasteiger partial charge in [-0.3, -0.25) is 4.79 Å². The van der Waals surface area contributed by atoms with Crippen LogP contribution in [0, 0.1) is 0 Å². The minimum absolute atomic E-state index is 0.291. The second-order valence-electron chi connectivity index (χ2n) is 5.81. The molecule has 0 saturated heterocycles. The number of rotatable bonds is 4. The van der Waals surface area contributed by atoms with E-state index >= 15 is 0 Å². The van der Waals surface area contributed by atoms with Crippen molar-refractivity contribution in [1.82, 2.24) is 9.88 Å². The fraction of sp³-hybridized carbons (Fsp3) is 0.389. The minimum Gasteiger partial charge on any atom is -0.361 e. The molecule has 0 saturated carbocycles. The van der Waals surface area contributed by atoms with Crippen molar-refractivity contribution in [3.63, 3.8) is 0 Å². The van der Waals surface area contributed by atoms with Gasteiger partial charge in [-0.05, 0) is 36.6 Å². The molecule has 0 aliphatic carbocycles. The van der Waals surface area contributed by atoms with Crippen LogP contribution in [0.3, 0.4) is 0 Å². The van der Waals surface area contributed by atoms with Gasteiger partial charge < -0.3 is 9.88 Å². The number of H-pyrrole nitrogens is 1. The van der Waals surface area contributed by atoms with Gasteiger partial charge in [0, 0.05) is 46.6 Å². The predicted octanol–water partition coefficient (Wildman–Crippen LogP) is 4.74. The number of halogens is 1. The lowest BCUT2D eigenvalue weighted by Gasteiger charge is -2.26. The van der Waals surface area contributed by atoms with Gasteiger partial charge in [0.1, 0.15) is 0 Å². The van der Waals surface area contributed by atoms with Crippen LogP contribution in [0.15, 0.2) is 34.9 Å². The quantitative estimate of drug-likeness (QED) is 0.839. The van der Waals surface area contributed by atoms with Crippen molar-refractivity contribution in [2.75, 3.05) is 13.1 Å². The van der Waals surface area contributed by atoms with Crippen LogP contribution < -0.4 is 0 Å². The van der Waals surface area contributed by atoms with Crippen molar-refractivity contribution >= 4 is 38.3 Å². The Bertz CT molecular complexity index is 717. The van der Waals surface area contributed by atoms with Crippen LogP contribution in [-0.4, -0.2) is 28.9 Å². The summed E-state index contributed by atoms with van der Waals surface area (Å²) in [4.78, 5) is 17.4. The number of carbonyl (C=O) groups is 1. The first kappa shape index (κ1) is 15.3. The lowest BCUT2D eigenvalue weighted by Crippen LogP contribution is -2.34. The summed E-state index contributed by atoms with van der Waals surface area (Å²) >= 11 is 3.54. The summed E-state index contributed by atoms with van der Waals surface area (Å²) in [5.41, 5.74) is 3.75. The van der Waals surface area contributed by atoms with Gasteiger partial charge in [0.05, 0.1) is 0 Å². The summed E-state index contributed by atoms with van der Waals surface area (Å²) in [6, 6.07) is 6.29. The molecule has 2 heterocycles. The maximum absolute atomic E-state index is 12.1. The van der Waals surface area contributed by atoms with E-state index < -0.39 is 0 Å². The molecular formula is C18H21BrN2O. The van der Waals surface area contributed by atoms with E-state index in [0.717, 1.165) is 42.3 Å². The third-order valence-electron chi connectivity index (χ3n) is 4.30. The van der Waals surface area contributed by atoms with Gasteiger partial charge in [-0.15, -0.1) is 0 Å². The molecule has 1 aliphatic heterocycles. The zero-order chi connectivity index (χ0) is 15.5. The van der Waals surface area contributed by atoms with Crippen LogP contribution in [0.2, 0.25) is 0 Å². The van der Waals surface area contributed by atoms with Crippen molar-refractivity contribution in [2.45, 2.75) is 32.6 Å². The van der Waals surface area contributed by atoms with Gasteiger partial charge in [0.2, 0.25) is 5.91 Å². The molecule has 0 radical (unpaired) electrons. The van der Waals surface area contributed by atoms with Crippen LogP contribution in [0.1, 0.15) is 38.2 Å². The Morgan fingerprint density at radius 3 is 3.00 bits per heavy atom. The molecule has 116 valence electrons. The number of carbonyl (C=O) groups excluding carboxylic acids is 1. The predicted molar refractivity (Wildman–Crippen MR) is 94.7 cm³/mol. The van der Waals surface area contributed by atoms with E-state index in [0.29, 0.717) is 12.3 Å². The van der Waals surface area contributed by atoms with Crippen molar-refractivity contribution in [3.8, 4) is 0 Å². The van der Waals surface area contributed by atoms with E-state index in [-0.39, 0.29) is 0 Å². The molecule has 1 aromatic carbocycles. The number of hydrogen-bond donors (Lipinski definition) is 1. The molecular weight excluding hydrogens is 340 g/mol. The maximum atomic E-state index is 12.1. The number of aromatic amines is 1. The van der Waals surface area contributed by atoms with Crippen molar-refractivity contribution < 1.29 is 4.79 Å². The maximum Gasteiger partial charge on any atom is 0.222 e. The fourth-order valence-corrected chi connectivity index (χ4v) is 3.35. The highest BCUT2D eigenvalue weighted by molar-refractivity contribution is 9.10. The molecule has 4 heteroatoms. The number of fused-ring (bicyclic) bond motifs is 1. The van der Waals surface area contributed by atoms with Crippen molar-refractivity contribution in [2.24, 2.45) is 0 Å². The number of unbranched alkanes of at least 4 members (excludes halogenated alkanes) is 1. The molecule has 0 spiro atoms.